The number of hydrogen-bond acceptors (Lipinski definition) is 15. The van der Waals surface area contributed by atoms with Gasteiger partial charge in [0.1, 0.15) is 12.7 Å². The van der Waals surface area contributed by atoms with Crippen LogP contribution < -0.4 is 11.2 Å². The van der Waals surface area contributed by atoms with E-state index in [0.717, 1.165) is 22.8 Å². The maximum atomic E-state index is 10.9. The van der Waals surface area contributed by atoms with Crippen LogP contribution in [0, 0.1) is 0 Å². The Morgan fingerprint density at radius 2 is 0.761 bits per heavy atom. The third-order valence-corrected chi connectivity index (χ3v) is 13.0. The Balaban J connectivity index is 0.000000518. The molecule has 498 valence electrons. The highest BCUT2D eigenvalue weighted by atomic mass is 16.2. The molecule has 0 aromatic carbocycles. The van der Waals surface area contributed by atoms with E-state index in [1.165, 1.54) is 28.3 Å². The van der Waals surface area contributed by atoms with Crippen LogP contribution in [0.1, 0.15) is 238 Å². The minimum atomic E-state index is -0.451. The minimum absolute atomic E-state index is 0.119. The molecule has 0 fully saturated rings. The molecule has 0 aliphatic heterocycles. The standard InChI is InChI=1S/3C9H13N.C8H12N2O2.5C8H12N2/c1-9(2,3)8-4-6-10-7-5-8;1-9(2,3)8-5-4-6-10-7-8;1-9(2,3)8-6-4-5-7-10-8;1-8(2,3)5-4-6(11)10-7(12)9-5;1-8(2,3)7-4-9-6-10-5-7;1-8(2,3)7-6-9-4-5-10-7;1-8(2,3)7-4-5-9-6-10-7;1-8(2,3)7-4-5-9-10-6-7;1-8(2,3)7-5-4-6-9-10-7/h3*4-7H,1-3H3;4H,1-3H3,(H2,9,10,11,12);5*4-6H,1-3H3. The van der Waals surface area contributed by atoms with Gasteiger partial charge in [0.15, 0.2) is 0 Å². The first-order valence-corrected chi connectivity index (χ1v) is 31.1. The van der Waals surface area contributed by atoms with Crippen molar-refractivity contribution in [2.75, 3.05) is 0 Å². The molecule has 0 radical (unpaired) electrons. The summed E-state index contributed by atoms with van der Waals surface area (Å²) in [5.74, 6) is 0. The summed E-state index contributed by atoms with van der Waals surface area (Å²) in [6.07, 6.45) is 28.3. The first kappa shape index (κ1) is 81.5. The Labute approximate surface area is 552 Å². The third-order valence-electron chi connectivity index (χ3n) is 13.0. The van der Waals surface area contributed by atoms with Gasteiger partial charge in [-0.3, -0.25) is 34.7 Å². The number of H-pyrrole nitrogens is 2. The molecule has 0 aliphatic rings. The highest BCUT2D eigenvalue weighted by Crippen LogP contribution is 2.24. The van der Waals surface area contributed by atoms with Crippen LogP contribution >= 0.6 is 0 Å². The molecule has 9 aromatic rings. The summed E-state index contributed by atoms with van der Waals surface area (Å²) in [6, 6.07) is 23.4. The van der Waals surface area contributed by atoms with Gasteiger partial charge in [-0.2, -0.15) is 20.4 Å². The van der Waals surface area contributed by atoms with Crippen molar-refractivity contribution in [2.24, 2.45) is 0 Å². The zero-order chi connectivity index (χ0) is 70.3. The van der Waals surface area contributed by atoms with Crippen LogP contribution in [0.2, 0.25) is 0 Å². The Hall–Kier alpha value is -8.47. The summed E-state index contributed by atoms with van der Waals surface area (Å²) in [4.78, 5) is 62.7. The smallest absolute Gasteiger partial charge is 0.311 e. The van der Waals surface area contributed by atoms with E-state index >= 15 is 0 Å². The number of nitrogens with one attached hydrogen (secondary N) is 2. The summed E-state index contributed by atoms with van der Waals surface area (Å²) in [5, 5.41) is 15.3. The first-order chi connectivity index (χ1) is 42.2. The number of nitrogens with zero attached hydrogens (tertiary/aromatic N) is 13. The molecule has 9 heterocycles. The van der Waals surface area contributed by atoms with Gasteiger partial charge in [0.2, 0.25) is 0 Å². The average Bonchev–Trinajstić information content (AvgIpc) is 2.29. The van der Waals surface area contributed by atoms with Gasteiger partial charge in [0.05, 0.1) is 17.6 Å². The lowest BCUT2D eigenvalue weighted by molar-refractivity contribution is 0.558. The van der Waals surface area contributed by atoms with Gasteiger partial charge in [0.25, 0.3) is 5.56 Å². The van der Waals surface area contributed by atoms with Crippen molar-refractivity contribution >= 4 is 0 Å². The predicted octanol–water partition coefficient (Wildman–Crippen LogP) is 16.4. The van der Waals surface area contributed by atoms with Crippen molar-refractivity contribution in [1.82, 2.24) is 75.2 Å². The summed E-state index contributed by atoms with van der Waals surface area (Å²) in [7, 11) is 0. The molecule has 2 N–H and O–H groups in total. The highest BCUT2D eigenvalue weighted by Gasteiger charge is 2.19. The summed E-state index contributed by atoms with van der Waals surface area (Å²) in [6.45, 7) is 57.5. The maximum Gasteiger partial charge on any atom is 0.325 e. The Bertz CT molecular complexity index is 2840. The molecule has 0 unspecified atom stereocenters. The second-order valence-corrected chi connectivity index (χ2v) is 31.0. The molecular formula is C75H111N15O2. The van der Waals surface area contributed by atoms with E-state index in [0.29, 0.717) is 5.69 Å². The van der Waals surface area contributed by atoms with E-state index in [4.69, 9.17) is 0 Å². The fourth-order valence-corrected chi connectivity index (χ4v) is 6.88. The van der Waals surface area contributed by atoms with Crippen LogP contribution in [-0.2, 0) is 48.7 Å². The summed E-state index contributed by atoms with van der Waals surface area (Å²) < 4.78 is 0. The van der Waals surface area contributed by atoms with Gasteiger partial charge in [0, 0.05) is 131 Å². The second-order valence-electron chi connectivity index (χ2n) is 31.0. The molecule has 0 aliphatic carbocycles. The van der Waals surface area contributed by atoms with E-state index in [-0.39, 0.29) is 54.3 Å². The van der Waals surface area contributed by atoms with Gasteiger partial charge < -0.3 is 4.98 Å². The molecule has 17 heteroatoms. The fourth-order valence-electron chi connectivity index (χ4n) is 6.88. The lowest BCUT2D eigenvalue weighted by Crippen LogP contribution is -2.27. The van der Waals surface area contributed by atoms with E-state index in [1.807, 2.05) is 100 Å². The van der Waals surface area contributed by atoms with Crippen molar-refractivity contribution < 1.29 is 0 Å². The molecular weight excluding hydrogens is 1140 g/mol. The van der Waals surface area contributed by atoms with Gasteiger partial charge >= 0.3 is 5.69 Å². The second kappa shape index (κ2) is 37.1. The number of aromatic nitrogens is 15. The fraction of sp³-hybridized carbons (Fsp3) is 0.480. The molecule has 9 rings (SSSR count). The zero-order valence-corrected chi connectivity index (χ0v) is 60.8. The molecule has 0 spiro atoms. The van der Waals surface area contributed by atoms with Crippen LogP contribution in [0.25, 0.3) is 0 Å². The first-order valence-electron chi connectivity index (χ1n) is 31.1. The van der Waals surface area contributed by atoms with Gasteiger partial charge in [-0.05, 0) is 98.5 Å². The Morgan fingerprint density at radius 1 is 0.283 bits per heavy atom. The molecule has 92 heavy (non-hydrogen) atoms. The predicted molar refractivity (Wildman–Crippen MR) is 379 cm³/mol. The lowest BCUT2D eigenvalue weighted by Gasteiger charge is -2.17. The Morgan fingerprint density at radius 3 is 1.08 bits per heavy atom. The van der Waals surface area contributed by atoms with Crippen LogP contribution in [0.5, 0.6) is 0 Å². The summed E-state index contributed by atoms with van der Waals surface area (Å²) in [5.41, 5.74) is 10.4. The van der Waals surface area contributed by atoms with E-state index in [2.05, 4.69) is 266 Å². The number of pyridine rings is 3. The molecule has 0 bridgehead atoms. The molecule has 17 nitrogen and oxygen atoms in total. The van der Waals surface area contributed by atoms with E-state index in [1.54, 1.807) is 62.2 Å². The lowest BCUT2D eigenvalue weighted by atomic mass is 9.88. The summed E-state index contributed by atoms with van der Waals surface area (Å²) >= 11 is 0. The van der Waals surface area contributed by atoms with Crippen LogP contribution in [0.3, 0.4) is 0 Å². The van der Waals surface area contributed by atoms with Crippen molar-refractivity contribution in [3.63, 3.8) is 0 Å². The Kier molecular flexibility index (Phi) is 32.9. The van der Waals surface area contributed by atoms with Crippen LogP contribution in [0.15, 0.2) is 182 Å². The number of aromatic amines is 2. The zero-order valence-electron chi connectivity index (χ0n) is 60.8. The van der Waals surface area contributed by atoms with Crippen molar-refractivity contribution in [3.05, 3.63) is 244 Å². The van der Waals surface area contributed by atoms with E-state index < -0.39 is 5.69 Å². The van der Waals surface area contributed by atoms with Gasteiger partial charge in [-0.15, -0.1) is 0 Å². The maximum absolute atomic E-state index is 10.9. The molecule has 0 saturated heterocycles. The normalized spacial score (nSPS) is 11.5. The monoisotopic (exact) mass is 1250 g/mol. The van der Waals surface area contributed by atoms with Crippen molar-refractivity contribution in [3.8, 4) is 0 Å². The number of hydrogen-bond donors (Lipinski definition) is 2. The molecule has 0 saturated carbocycles. The van der Waals surface area contributed by atoms with Crippen molar-refractivity contribution in [1.29, 1.82) is 0 Å². The van der Waals surface area contributed by atoms with Gasteiger partial charge in [-0.1, -0.05) is 199 Å². The van der Waals surface area contributed by atoms with Crippen LogP contribution in [-0.4, -0.2) is 75.2 Å². The third kappa shape index (κ3) is 35.8. The quantitative estimate of drug-likeness (QED) is 0.144. The van der Waals surface area contributed by atoms with Gasteiger partial charge in [-0.25, -0.2) is 24.7 Å². The van der Waals surface area contributed by atoms with Crippen LogP contribution in [0.4, 0.5) is 0 Å². The average molecular weight is 1250 g/mol. The van der Waals surface area contributed by atoms with E-state index in [9.17, 15) is 9.59 Å². The molecule has 9 aromatic heterocycles. The SMILES string of the molecule is CC(C)(C)c1cc(=O)[nH]c(=O)[nH]1.CC(C)(C)c1ccccn1.CC(C)(C)c1cccnc1.CC(C)(C)c1cccnn1.CC(C)(C)c1ccncc1.CC(C)(C)c1ccncn1.CC(C)(C)c1ccnnc1.CC(C)(C)c1cnccn1.CC(C)(C)c1cncnc1. The molecule has 0 atom stereocenters. The topological polar surface area (TPSA) is 233 Å². The highest BCUT2D eigenvalue weighted by molar-refractivity contribution is 5.20. The molecule has 0 amide bonds. The number of rotatable bonds is 0. The largest absolute Gasteiger partial charge is 0.325 e. The van der Waals surface area contributed by atoms with Crippen molar-refractivity contribution in [2.45, 2.75) is 236 Å². The minimum Gasteiger partial charge on any atom is -0.311 e.